The molecule has 1 aromatic rings. The van der Waals surface area contributed by atoms with Gasteiger partial charge in [0.25, 0.3) is 0 Å². The summed E-state index contributed by atoms with van der Waals surface area (Å²) in [5.41, 5.74) is 6.81. The molecule has 1 unspecified atom stereocenters. The zero-order valence-electron chi connectivity index (χ0n) is 9.81. The SMILES string of the molecule is CC(N)c1ccccc1.CN(C)C.I.I. The molecule has 90 valence electrons. The third kappa shape index (κ3) is 14.6. The van der Waals surface area contributed by atoms with Gasteiger partial charge >= 0.3 is 0 Å². The van der Waals surface area contributed by atoms with Crippen LogP contribution >= 0.6 is 48.0 Å². The smallest absolute Gasteiger partial charge is 0.0266 e. The minimum Gasteiger partial charge on any atom is -0.324 e. The first-order chi connectivity index (χ1) is 6.04. The summed E-state index contributed by atoms with van der Waals surface area (Å²) in [5, 5.41) is 0. The van der Waals surface area contributed by atoms with Crippen LogP contribution in [0.3, 0.4) is 0 Å². The molecule has 0 aliphatic heterocycles. The van der Waals surface area contributed by atoms with Gasteiger partial charge in [-0.2, -0.15) is 0 Å². The fourth-order valence-electron chi connectivity index (χ4n) is 0.757. The van der Waals surface area contributed by atoms with Crippen LogP contribution in [0.15, 0.2) is 30.3 Å². The molecule has 0 fully saturated rings. The summed E-state index contributed by atoms with van der Waals surface area (Å²) in [4.78, 5) is 2.00. The normalized spacial score (nSPS) is 10.3. The first kappa shape index (κ1) is 20.9. The molecule has 1 atom stereocenters. The van der Waals surface area contributed by atoms with Crippen LogP contribution in [0.2, 0.25) is 0 Å². The van der Waals surface area contributed by atoms with Crippen molar-refractivity contribution in [1.82, 2.24) is 4.90 Å². The highest BCUT2D eigenvalue weighted by molar-refractivity contribution is 14.0. The quantitative estimate of drug-likeness (QED) is 0.686. The molecule has 4 heteroatoms. The van der Waals surface area contributed by atoms with Gasteiger partial charge in [0, 0.05) is 6.04 Å². The molecule has 1 rings (SSSR count). The number of benzene rings is 1. The van der Waals surface area contributed by atoms with Crippen molar-refractivity contribution in [3.05, 3.63) is 35.9 Å². The molecule has 0 heterocycles. The van der Waals surface area contributed by atoms with E-state index in [1.54, 1.807) is 0 Å². The molecule has 2 nitrogen and oxygen atoms in total. The molecular weight excluding hydrogens is 414 g/mol. The molecule has 15 heavy (non-hydrogen) atoms. The Bertz CT molecular complexity index is 210. The molecule has 0 saturated heterocycles. The molecule has 0 saturated carbocycles. The third-order valence-corrected chi connectivity index (χ3v) is 1.33. The van der Waals surface area contributed by atoms with Crippen molar-refractivity contribution < 1.29 is 0 Å². The van der Waals surface area contributed by atoms with Gasteiger partial charge in [0.05, 0.1) is 0 Å². The highest BCUT2D eigenvalue weighted by Crippen LogP contribution is 2.06. The summed E-state index contributed by atoms with van der Waals surface area (Å²) < 4.78 is 0. The van der Waals surface area contributed by atoms with Gasteiger partial charge in [0.15, 0.2) is 0 Å². The second-order valence-electron chi connectivity index (χ2n) is 3.54. The fourth-order valence-corrected chi connectivity index (χ4v) is 0.757. The molecule has 2 N–H and O–H groups in total. The second-order valence-corrected chi connectivity index (χ2v) is 3.54. The topological polar surface area (TPSA) is 29.3 Å². The lowest BCUT2D eigenvalue weighted by Crippen LogP contribution is -2.03. The monoisotopic (exact) mass is 436 g/mol. The summed E-state index contributed by atoms with van der Waals surface area (Å²) in [6.45, 7) is 1.98. The number of halogens is 2. The van der Waals surface area contributed by atoms with Crippen LogP contribution in [-0.2, 0) is 0 Å². The van der Waals surface area contributed by atoms with E-state index in [1.165, 1.54) is 5.56 Å². The molecule has 0 aliphatic carbocycles. The largest absolute Gasteiger partial charge is 0.324 e. The number of hydrogen-bond donors (Lipinski definition) is 1. The maximum atomic E-state index is 5.61. The Morgan fingerprint density at radius 1 is 1.00 bits per heavy atom. The van der Waals surface area contributed by atoms with E-state index in [0.717, 1.165) is 0 Å². The molecule has 0 aromatic heterocycles. The van der Waals surface area contributed by atoms with Gasteiger partial charge in [-0.05, 0) is 33.6 Å². The zero-order chi connectivity index (χ0) is 10.3. The van der Waals surface area contributed by atoms with Gasteiger partial charge < -0.3 is 10.6 Å². The van der Waals surface area contributed by atoms with E-state index in [1.807, 2.05) is 63.3 Å². The van der Waals surface area contributed by atoms with Gasteiger partial charge in [-0.1, -0.05) is 30.3 Å². The Kier molecular flexibility index (Phi) is 17.7. The van der Waals surface area contributed by atoms with Crippen molar-refractivity contribution in [2.45, 2.75) is 13.0 Å². The Balaban J connectivity index is -0.000000213. The summed E-state index contributed by atoms with van der Waals surface area (Å²) in [7, 11) is 6.00. The fraction of sp³-hybridized carbons (Fsp3) is 0.455. The Morgan fingerprint density at radius 2 is 1.33 bits per heavy atom. The predicted molar refractivity (Wildman–Crippen MR) is 89.5 cm³/mol. The summed E-state index contributed by atoms with van der Waals surface area (Å²) >= 11 is 0. The third-order valence-electron chi connectivity index (χ3n) is 1.33. The van der Waals surface area contributed by atoms with Gasteiger partial charge in [0.1, 0.15) is 0 Å². The summed E-state index contributed by atoms with van der Waals surface area (Å²) in [5.74, 6) is 0. The molecule has 0 radical (unpaired) electrons. The highest BCUT2D eigenvalue weighted by atomic mass is 127. The molecule has 0 spiro atoms. The Morgan fingerprint density at radius 3 is 1.53 bits per heavy atom. The average Bonchev–Trinajstić information content (AvgIpc) is 2.05. The number of hydrogen-bond acceptors (Lipinski definition) is 2. The van der Waals surface area contributed by atoms with Crippen LogP contribution in [0.4, 0.5) is 0 Å². The maximum absolute atomic E-state index is 5.61. The minimum atomic E-state index is 0. The lowest BCUT2D eigenvalue weighted by molar-refractivity contribution is 0.505. The van der Waals surface area contributed by atoms with Crippen LogP contribution in [0.1, 0.15) is 18.5 Å². The first-order valence-electron chi connectivity index (χ1n) is 4.45. The van der Waals surface area contributed by atoms with Crippen LogP contribution < -0.4 is 5.73 Å². The Labute approximate surface area is 128 Å². The van der Waals surface area contributed by atoms with E-state index in [4.69, 9.17) is 5.73 Å². The van der Waals surface area contributed by atoms with Gasteiger partial charge in [-0.3, -0.25) is 0 Å². The van der Waals surface area contributed by atoms with Crippen LogP contribution in [0, 0.1) is 0 Å². The number of nitrogens with two attached hydrogens (primary N) is 1. The van der Waals surface area contributed by atoms with Crippen molar-refractivity contribution in [2.75, 3.05) is 21.1 Å². The molecule has 0 bridgehead atoms. The standard InChI is InChI=1S/C8H11N.C3H9N.2HI/c1-7(9)8-5-3-2-4-6-8;1-4(2)3;;/h2-7H,9H2,1H3;1-3H3;2*1H. The van der Waals surface area contributed by atoms with Crippen molar-refractivity contribution in [2.24, 2.45) is 5.73 Å². The second kappa shape index (κ2) is 12.7. The molecular formula is C11H22I2N2. The lowest BCUT2D eigenvalue weighted by Gasteiger charge is -2.02. The zero-order valence-corrected chi connectivity index (χ0v) is 14.5. The van der Waals surface area contributed by atoms with Gasteiger partial charge in [-0.25, -0.2) is 0 Å². The lowest BCUT2D eigenvalue weighted by atomic mass is 10.1. The van der Waals surface area contributed by atoms with Crippen molar-refractivity contribution in [3.8, 4) is 0 Å². The first-order valence-corrected chi connectivity index (χ1v) is 4.45. The van der Waals surface area contributed by atoms with Crippen LogP contribution in [-0.4, -0.2) is 26.0 Å². The van der Waals surface area contributed by atoms with E-state index in [0.29, 0.717) is 0 Å². The van der Waals surface area contributed by atoms with Crippen molar-refractivity contribution >= 4 is 48.0 Å². The molecule has 0 aliphatic rings. The highest BCUT2D eigenvalue weighted by Gasteiger charge is 1.93. The number of rotatable bonds is 1. The van der Waals surface area contributed by atoms with Crippen molar-refractivity contribution in [1.29, 1.82) is 0 Å². The van der Waals surface area contributed by atoms with Crippen LogP contribution in [0.5, 0.6) is 0 Å². The van der Waals surface area contributed by atoms with E-state index >= 15 is 0 Å². The number of nitrogens with zero attached hydrogens (tertiary/aromatic N) is 1. The van der Waals surface area contributed by atoms with E-state index in [2.05, 4.69) is 0 Å². The Hall–Kier alpha value is 0.600. The predicted octanol–water partition coefficient (Wildman–Crippen LogP) is 3.12. The molecule has 0 amide bonds. The van der Waals surface area contributed by atoms with Crippen molar-refractivity contribution in [3.63, 3.8) is 0 Å². The minimum absolute atomic E-state index is 0. The molecule has 1 aromatic carbocycles. The van der Waals surface area contributed by atoms with Crippen LogP contribution in [0.25, 0.3) is 0 Å². The van der Waals surface area contributed by atoms with E-state index < -0.39 is 0 Å². The maximum Gasteiger partial charge on any atom is 0.0266 e. The van der Waals surface area contributed by atoms with E-state index in [-0.39, 0.29) is 54.0 Å². The average molecular weight is 436 g/mol. The summed E-state index contributed by atoms with van der Waals surface area (Å²) in [6.07, 6.45) is 0. The van der Waals surface area contributed by atoms with E-state index in [9.17, 15) is 0 Å². The van der Waals surface area contributed by atoms with Gasteiger partial charge in [-0.15, -0.1) is 48.0 Å². The van der Waals surface area contributed by atoms with Gasteiger partial charge in [0.2, 0.25) is 0 Å². The summed E-state index contributed by atoms with van der Waals surface area (Å²) in [6, 6.07) is 10.2.